The third-order valence-electron chi connectivity index (χ3n) is 2.46. The van der Waals surface area contributed by atoms with Gasteiger partial charge in [-0.3, -0.25) is 9.59 Å². The van der Waals surface area contributed by atoms with Crippen LogP contribution in [0.2, 0.25) is 0 Å². The summed E-state index contributed by atoms with van der Waals surface area (Å²) in [6.45, 7) is 0.0408. The Bertz CT molecular complexity index is 521. The zero-order valence-electron chi connectivity index (χ0n) is 11.2. The second-order valence-corrected chi connectivity index (χ2v) is 3.72. The van der Waals surface area contributed by atoms with Crippen LogP contribution in [0.15, 0.2) is 24.3 Å². The normalized spacial score (nSPS) is 9.90. The zero-order chi connectivity index (χ0) is 15.0. The van der Waals surface area contributed by atoms with Gasteiger partial charge in [0.25, 0.3) is 0 Å². The molecule has 0 aliphatic rings. The van der Waals surface area contributed by atoms with Crippen LogP contribution in [-0.2, 0) is 19.1 Å². The summed E-state index contributed by atoms with van der Waals surface area (Å²) in [5.41, 5.74) is 0.561. The first kappa shape index (κ1) is 15.6. The average Bonchev–Trinajstić information content (AvgIpc) is 2.48. The number of para-hydroxylation sites is 1. The van der Waals surface area contributed by atoms with Crippen LogP contribution < -0.4 is 10.6 Å². The number of hydrogen-bond donors (Lipinski definition) is 2. The van der Waals surface area contributed by atoms with E-state index in [4.69, 9.17) is 14.7 Å². The smallest absolute Gasteiger partial charge is 0.313 e. The molecule has 1 rings (SSSR count). The Balaban J connectivity index is 2.58. The van der Waals surface area contributed by atoms with Crippen molar-refractivity contribution in [3.63, 3.8) is 0 Å². The Kier molecular flexibility index (Phi) is 6.16. The van der Waals surface area contributed by atoms with Gasteiger partial charge >= 0.3 is 11.8 Å². The molecule has 0 saturated carbocycles. The maximum Gasteiger partial charge on any atom is 0.313 e. The van der Waals surface area contributed by atoms with Crippen LogP contribution in [0.4, 0.5) is 5.69 Å². The fraction of sp³-hybridized carbons (Fsp3) is 0.308. The number of nitriles is 1. The molecule has 0 saturated heterocycles. The van der Waals surface area contributed by atoms with Gasteiger partial charge in [-0.25, -0.2) is 0 Å². The summed E-state index contributed by atoms with van der Waals surface area (Å²) in [6.07, 6.45) is -0.627. The number of carbonyl (C=O) groups is 2. The quantitative estimate of drug-likeness (QED) is 0.593. The van der Waals surface area contributed by atoms with Crippen molar-refractivity contribution in [3.05, 3.63) is 29.8 Å². The molecule has 0 aliphatic heterocycles. The number of amides is 2. The summed E-state index contributed by atoms with van der Waals surface area (Å²) >= 11 is 0. The van der Waals surface area contributed by atoms with Gasteiger partial charge in [0.1, 0.15) is 6.07 Å². The van der Waals surface area contributed by atoms with E-state index in [1.165, 1.54) is 20.3 Å². The number of rotatable bonds is 5. The van der Waals surface area contributed by atoms with E-state index >= 15 is 0 Å². The molecule has 1 aromatic carbocycles. The molecule has 0 aromatic heterocycles. The van der Waals surface area contributed by atoms with Gasteiger partial charge in [0.05, 0.1) is 17.8 Å². The first-order valence-corrected chi connectivity index (χ1v) is 5.76. The molecule has 0 spiro atoms. The lowest BCUT2D eigenvalue weighted by Crippen LogP contribution is -2.40. The molecule has 0 heterocycles. The number of anilines is 1. The molecule has 0 fully saturated rings. The maximum absolute atomic E-state index is 11.7. The molecule has 7 nitrogen and oxygen atoms in total. The van der Waals surface area contributed by atoms with Crippen LogP contribution in [-0.4, -0.2) is 38.9 Å². The number of carbonyl (C=O) groups excluding carboxylic acids is 2. The molecule has 0 unspecified atom stereocenters. The summed E-state index contributed by atoms with van der Waals surface area (Å²) in [5.74, 6) is -1.70. The average molecular weight is 277 g/mol. The van der Waals surface area contributed by atoms with Crippen molar-refractivity contribution in [1.29, 1.82) is 5.26 Å². The minimum Gasteiger partial charge on any atom is -0.354 e. The third-order valence-corrected chi connectivity index (χ3v) is 2.46. The number of ether oxygens (including phenoxy) is 2. The van der Waals surface area contributed by atoms with E-state index in [0.717, 1.165) is 0 Å². The van der Waals surface area contributed by atoms with Gasteiger partial charge in [-0.1, -0.05) is 12.1 Å². The minimum atomic E-state index is -0.862. The van der Waals surface area contributed by atoms with E-state index in [-0.39, 0.29) is 17.8 Å². The number of nitrogens with zero attached hydrogens (tertiary/aromatic N) is 1. The predicted octanol–water partition coefficient (Wildman–Crippen LogP) is 0.232. The zero-order valence-corrected chi connectivity index (χ0v) is 11.2. The molecule has 2 N–H and O–H groups in total. The Morgan fingerprint density at radius 1 is 1.25 bits per heavy atom. The highest BCUT2D eigenvalue weighted by Gasteiger charge is 2.16. The highest BCUT2D eigenvalue weighted by molar-refractivity contribution is 6.39. The van der Waals surface area contributed by atoms with Crippen LogP contribution in [0.5, 0.6) is 0 Å². The van der Waals surface area contributed by atoms with Crippen molar-refractivity contribution in [2.75, 3.05) is 26.1 Å². The standard InChI is InChI=1S/C13H15N3O4/c1-19-11(20-2)8-15-12(17)13(18)16-10-6-4-3-5-9(10)7-14/h3-6,11H,8H2,1-2H3,(H,15,17)(H,16,18). The molecular weight excluding hydrogens is 262 g/mol. The Morgan fingerprint density at radius 3 is 2.50 bits per heavy atom. The number of benzene rings is 1. The molecule has 0 radical (unpaired) electrons. The second kappa shape index (κ2) is 7.89. The van der Waals surface area contributed by atoms with Crippen molar-refractivity contribution in [2.45, 2.75) is 6.29 Å². The molecule has 1 aromatic rings. The minimum absolute atomic E-state index is 0.0408. The van der Waals surface area contributed by atoms with E-state index in [1.54, 1.807) is 18.2 Å². The third kappa shape index (κ3) is 4.35. The van der Waals surface area contributed by atoms with Gasteiger partial charge in [-0.05, 0) is 12.1 Å². The summed E-state index contributed by atoms with van der Waals surface area (Å²) in [4.78, 5) is 23.2. The van der Waals surface area contributed by atoms with Crippen molar-refractivity contribution in [3.8, 4) is 6.07 Å². The van der Waals surface area contributed by atoms with Crippen LogP contribution in [0.1, 0.15) is 5.56 Å². The number of nitrogens with one attached hydrogen (secondary N) is 2. The monoisotopic (exact) mass is 277 g/mol. The fourth-order valence-corrected chi connectivity index (χ4v) is 1.39. The van der Waals surface area contributed by atoms with Gasteiger partial charge in [-0.15, -0.1) is 0 Å². The molecule has 7 heteroatoms. The first-order valence-electron chi connectivity index (χ1n) is 5.76. The lowest BCUT2D eigenvalue weighted by molar-refractivity contribution is -0.139. The number of hydrogen-bond acceptors (Lipinski definition) is 5. The lowest BCUT2D eigenvalue weighted by Gasteiger charge is -2.13. The lowest BCUT2D eigenvalue weighted by atomic mass is 10.2. The van der Waals surface area contributed by atoms with E-state index in [2.05, 4.69) is 10.6 Å². The van der Waals surface area contributed by atoms with Crippen molar-refractivity contribution >= 4 is 17.5 Å². The SMILES string of the molecule is COC(CNC(=O)C(=O)Nc1ccccc1C#N)OC. The Labute approximate surface area is 116 Å². The van der Waals surface area contributed by atoms with E-state index < -0.39 is 18.1 Å². The highest BCUT2D eigenvalue weighted by atomic mass is 16.7. The summed E-state index contributed by atoms with van der Waals surface area (Å²) in [7, 11) is 2.84. The molecule has 2 amide bonds. The Hall–Kier alpha value is -2.43. The molecule has 106 valence electrons. The van der Waals surface area contributed by atoms with Gasteiger partial charge in [0.15, 0.2) is 6.29 Å². The summed E-state index contributed by atoms with van der Waals surface area (Å²) in [6, 6.07) is 8.32. The second-order valence-electron chi connectivity index (χ2n) is 3.72. The van der Waals surface area contributed by atoms with Crippen LogP contribution >= 0.6 is 0 Å². The molecule has 0 bridgehead atoms. The van der Waals surface area contributed by atoms with Crippen LogP contribution in [0.25, 0.3) is 0 Å². The van der Waals surface area contributed by atoms with E-state index in [9.17, 15) is 9.59 Å². The topological polar surface area (TPSA) is 100 Å². The van der Waals surface area contributed by atoms with Gasteiger partial charge in [0, 0.05) is 14.2 Å². The molecular formula is C13H15N3O4. The van der Waals surface area contributed by atoms with Gasteiger partial charge < -0.3 is 20.1 Å². The molecule has 0 aliphatic carbocycles. The first-order chi connectivity index (χ1) is 9.62. The predicted molar refractivity (Wildman–Crippen MR) is 70.6 cm³/mol. The van der Waals surface area contributed by atoms with Crippen molar-refractivity contribution in [2.24, 2.45) is 0 Å². The summed E-state index contributed by atoms with van der Waals surface area (Å²) in [5, 5.41) is 13.6. The van der Waals surface area contributed by atoms with Gasteiger partial charge in [-0.2, -0.15) is 5.26 Å². The van der Waals surface area contributed by atoms with Crippen molar-refractivity contribution < 1.29 is 19.1 Å². The molecule has 0 atom stereocenters. The van der Waals surface area contributed by atoms with Gasteiger partial charge in [0.2, 0.25) is 0 Å². The Morgan fingerprint density at radius 2 is 1.90 bits per heavy atom. The van der Waals surface area contributed by atoms with Crippen LogP contribution in [0, 0.1) is 11.3 Å². The van der Waals surface area contributed by atoms with E-state index in [1.807, 2.05) is 6.07 Å². The highest BCUT2D eigenvalue weighted by Crippen LogP contribution is 2.13. The molecule has 20 heavy (non-hydrogen) atoms. The number of methoxy groups -OCH3 is 2. The summed E-state index contributed by atoms with van der Waals surface area (Å²) < 4.78 is 9.75. The van der Waals surface area contributed by atoms with E-state index in [0.29, 0.717) is 0 Å². The largest absolute Gasteiger partial charge is 0.354 e. The van der Waals surface area contributed by atoms with Crippen molar-refractivity contribution in [1.82, 2.24) is 5.32 Å². The fourth-order valence-electron chi connectivity index (χ4n) is 1.39. The maximum atomic E-state index is 11.7. The van der Waals surface area contributed by atoms with Crippen LogP contribution in [0.3, 0.4) is 0 Å².